The number of hydrogen-bond acceptors (Lipinski definition) is 6. The van der Waals surface area contributed by atoms with Crippen LogP contribution in [0.2, 0.25) is 0 Å². The highest BCUT2D eigenvalue weighted by atomic mass is 16.6. The maximum absolute atomic E-state index is 11.1. The molecule has 0 radical (unpaired) electrons. The number of anilines is 1. The number of para-hydroxylation sites is 1. The number of nitro groups is 1. The first kappa shape index (κ1) is 13.5. The summed E-state index contributed by atoms with van der Waals surface area (Å²) in [6, 6.07) is 3.87. The molecule has 2 rings (SSSR count). The molecule has 0 amide bonds. The summed E-state index contributed by atoms with van der Waals surface area (Å²) in [5.74, 6) is -0.714. The summed E-state index contributed by atoms with van der Waals surface area (Å²) in [5.41, 5.74) is -0.513. The molecule has 9 nitrogen and oxygen atoms in total. The Morgan fingerprint density at radius 2 is 2.30 bits per heavy atom. The minimum absolute atomic E-state index is 0.0481. The lowest BCUT2D eigenvalue weighted by atomic mass is 10.1. The number of nitrogens with one attached hydrogen (secondary N) is 1. The van der Waals surface area contributed by atoms with Crippen LogP contribution in [-0.4, -0.2) is 30.8 Å². The van der Waals surface area contributed by atoms with Crippen LogP contribution in [0.15, 0.2) is 24.5 Å². The Kier molecular flexibility index (Phi) is 3.60. The third-order valence-electron chi connectivity index (χ3n) is 2.70. The molecule has 0 fully saturated rings. The molecule has 0 aliphatic heterocycles. The molecule has 104 valence electrons. The molecule has 2 aromatic rings. The third kappa shape index (κ3) is 2.55. The molecule has 0 saturated heterocycles. The second-order valence-corrected chi connectivity index (χ2v) is 3.97. The van der Waals surface area contributed by atoms with Crippen molar-refractivity contribution in [1.82, 2.24) is 14.8 Å². The Labute approximate surface area is 113 Å². The smallest absolute Gasteiger partial charge is 0.338 e. The average Bonchev–Trinajstić information content (AvgIpc) is 2.81. The number of aromatic carboxylic acids is 1. The van der Waals surface area contributed by atoms with Gasteiger partial charge in [-0.15, -0.1) is 10.2 Å². The van der Waals surface area contributed by atoms with E-state index in [0.29, 0.717) is 5.82 Å². The lowest BCUT2D eigenvalue weighted by Gasteiger charge is -2.09. The molecule has 0 saturated carbocycles. The predicted octanol–water partition coefficient (Wildman–Crippen LogP) is 1.03. The summed E-state index contributed by atoms with van der Waals surface area (Å²) in [6.45, 7) is 0.127. The SMILES string of the molecule is Cn1cnnc1CNc1c(C(=O)O)cccc1[N+](=O)[O-]. The van der Waals surface area contributed by atoms with Crippen molar-refractivity contribution in [3.05, 3.63) is 46.0 Å². The lowest BCUT2D eigenvalue weighted by molar-refractivity contribution is -0.384. The zero-order chi connectivity index (χ0) is 14.7. The highest BCUT2D eigenvalue weighted by molar-refractivity contribution is 5.96. The predicted molar refractivity (Wildman–Crippen MR) is 68.4 cm³/mol. The van der Waals surface area contributed by atoms with Crippen LogP contribution in [0.5, 0.6) is 0 Å². The molecule has 0 atom stereocenters. The molecule has 1 heterocycles. The number of carboxylic acid groups (broad SMARTS) is 1. The van der Waals surface area contributed by atoms with E-state index in [9.17, 15) is 14.9 Å². The van der Waals surface area contributed by atoms with Crippen molar-refractivity contribution in [3.63, 3.8) is 0 Å². The van der Waals surface area contributed by atoms with Crippen LogP contribution >= 0.6 is 0 Å². The Balaban J connectivity index is 2.36. The van der Waals surface area contributed by atoms with Gasteiger partial charge in [0, 0.05) is 13.1 Å². The van der Waals surface area contributed by atoms with Gasteiger partial charge in [0.25, 0.3) is 5.69 Å². The van der Waals surface area contributed by atoms with Gasteiger partial charge in [-0.05, 0) is 6.07 Å². The first-order valence-electron chi connectivity index (χ1n) is 5.58. The van der Waals surface area contributed by atoms with Crippen molar-refractivity contribution in [2.75, 3.05) is 5.32 Å². The quantitative estimate of drug-likeness (QED) is 0.618. The van der Waals surface area contributed by atoms with Gasteiger partial charge in [0.2, 0.25) is 0 Å². The molecule has 0 bridgehead atoms. The number of benzene rings is 1. The van der Waals surface area contributed by atoms with Crippen LogP contribution in [0.4, 0.5) is 11.4 Å². The Morgan fingerprint density at radius 3 is 2.85 bits per heavy atom. The zero-order valence-electron chi connectivity index (χ0n) is 10.5. The molecular formula is C11H11N5O4. The van der Waals surface area contributed by atoms with Crippen LogP contribution in [0.1, 0.15) is 16.2 Å². The average molecular weight is 277 g/mol. The van der Waals surface area contributed by atoms with Crippen molar-refractivity contribution < 1.29 is 14.8 Å². The van der Waals surface area contributed by atoms with Crippen molar-refractivity contribution in [2.45, 2.75) is 6.54 Å². The fraction of sp³-hybridized carbons (Fsp3) is 0.182. The molecule has 0 unspecified atom stereocenters. The van der Waals surface area contributed by atoms with Gasteiger partial charge in [0.1, 0.15) is 12.0 Å². The zero-order valence-corrected chi connectivity index (χ0v) is 10.5. The number of aryl methyl sites for hydroxylation is 1. The van der Waals surface area contributed by atoms with Gasteiger partial charge in [-0.2, -0.15) is 0 Å². The number of carbonyl (C=O) groups is 1. The van der Waals surface area contributed by atoms with Gasteiger partial charge in [-0.1, -0.05) is 6.07 Å². The molecule has 2 N–H and O–H groups in total. The molecule has 1 aromatic carbocycles. The topological polar surface area (TPSA) is 123 Å². The largest absolute Gasteiger partial charge is 0.478 e. The van der Waals surface area contributed by atoms with E-state index in [4.69, 9.17) is 5.11 Å². The summed E-state index contributed by atoms with van der Waals surface area (Å²) in [6.07, 6.45) is 1.48. The molecule has 20 heavy (non-hydrogen) atoms. The summed E-state index contributed by atoms with van der Waals surface area (Å²) < 4.78 is 1.63. The van der Waals surface area contributed by atoms with Gasteiger partial charge in [0.15, 0.2) is 5.82 Å². The van der Waals surface area contributed by atoms with Gasteiger partial charge in [0.05, 0.1) is 17.0 Å². The lowest BCUT2D eigenvalue weighted by Crippen LogP contribution is -2.11. The summed E-state index contributed by atoms with van der Waals surface area (Å²) in [4.78, 5) is 21.5. The van der Waals surface area contributed by atoms with Crippen LogP contribution < -0.4 is 5.32 Å². The van der Waals surface area contributed by atoms with E-state index in [1.165, 1.54) is 24.5 Å². The highest BCUT2D eigenvalue weighted by Crippen LogP contribution is 2.28. The number of carboxylic acids is 1. The maximum Gasteiger partial charge on any atom is 0.338 e. The first-order chi connectivity index (χ1) is 9.50. The summed E-state index contributed by atoms with van der Waals surface area (Å²) in [5, 5.41) is 30.3. The van der Waals surface area contributed by atoms with Gasteiger partial charge < -0.3 is 15.0 Å². The van der Waals surface area contributed by atoms with Gasteiger partial charge in [-0.3, -0.25) is 10.1 Å². The second kappa shape index (κ2) is 5.34. The maximum atomic E-state index is 11.1. The number of nitro benzene ring substituents is 1. The van der Waals surface area contributed by atoms with E-state index in [1.54, 1.807) is 11.6 Å². The molecule has 0 spiro atoms. The highest BCUT2D eigenvalue weighted by Gasteiger charge is 2.21. The van der Waals surface area contributed by atoms with Crippen molar-refractivity contribution in [3.8, 4) is 0 Å². The molecular weight excluding hydrogens is 266 g/mol. The minimum atomic E-state index is -1.24. The van der Waals surface area contributed by atoms with Crippen molar-refractivity contribution >= 4 is 17.3 Å². The van der Waals surface area contributed by atoms with Crippen molar-refractivity contribution in [1.29, 1.82) is 0 Å². The van der Waals surface area contributed by atoms with Crippen LogP contribution in [0.25, 0.3) is 0 Å². The van der Waals surface area contributed by atoms with Crippen molar-refractivity contribution in [2.24, 2.45) is 7.05 Å². The monoisotopic (exact) mass is 277 g/mol. The molecule has 0 aliphatic rings. The van der Waals surface area contributed by atoms with Crippen LogP contribution in [0.3, 0.4) is 0 Å². The number of aromatic nitrogens is 3. The first-order valence-corrected chi connectivity index (χ1v) is 5.58. The molecule has 9 heteroatoms. The van der Waals surface area contributed by atoms with Crippen LogP contribution in [-0.2, 0) is 13.6 Å². The van der Waals surface area contributed by atoms with Gasteiger partial charge in [-0.25, -0.2) is 4.79 Å². The minimum Gasteiger partial charge on any atom is -0.478 e. The fourth-order valence-electron chi connectivity index (χ4n) is 1.69. The molecule has 1 aromatic heterocycles. The standard InChI is InChI=1S/C11H11N5O4/c1-15-6-13-14-9(15)5-12-10-7(11(17)18)3-2-4-8(10)16(19)20/h2-4,6,12H,5H2,1H3,(H,17,18). The fourth-order valence-corrected chi connectivity index (χ4v) is 1.69. The van der Waals surface area contributed by atoms with E-state index < -0.39 is 10.9 Å². The van der Waals surface area contributed by atoms with Crippen LogP contribution in [0, 0.1) is 10.1 Å². The summed E-state index contributed by atoms with van der Waals surface area (Å²) >= 11 is 0. The van der Waals surface area contributed by atoms with E-state index >= 15 is 0 Å². The second-order valence-electron chi connectivity index (χ2n) is 3.97. The number of hydrogen-bond donors (Lipinski definition) is 2. The van der Waals surface area contributed by atoms with E-state index in [2.05, 4.69) is 15.5 Å². The normalized spacial score (nSPS) is 10.2. The van der Waals surface area contributed by atoms with E-state index in [1.807, 2.05) is 0 Å². The van der Waals surface area contributed by atoms with E-state index in [0.717, 1.165) is 0 Å². The third-order valence-corrected chi connectivity index (χ3v) is 2.70. The molecule has 0 aliphatic carbocycles. The Hall–Kier alpha value is -2.97. The number of nitrogens with zero attached hydrogens (tertiary/aromatic N) is 4. The summed E-state index contributed by atoms with van der Waals surface area (Å²) in [7, 11) is 1.72. The van der Waals surface area contributed by atoms with E-state index in [-0.39, 0.29) is 23.5 Å². The Bertz CT molecular complexity index is 634. The van der Waals surface area contributed by atoms with Gasteiger partial charge >= 0.3 is 5.97 Å². The Morgan fingerprint density at radius 1 is 1.55 bits per heavy atom. The number of rotatable bonds is 5.